The van der Waals surface area contributed by atoms with Crippen molar-refractivity contribution >= 4 is 23.2 Å². The van der Waals surface area contributed by atoms with E-state index in [1.54, 1.807) is 4.90 Å². The van der Waals surface area contributed by atoms with Gasteiger partial charge in [0.2, 0.25) is 5.91 Å². The van der Waals surface area contributed by atoms with Gasteiger partial charge in [0, 0.05) is 10.9 Å². The summed E-state index contributed by atoms with van der Waals surface area (Å²) in [5, 5.41) is 3.26. The van der Waals surface area contributed by atoms with Crippen molar-refractivity contribution in [2.45, 2.75) is 32.7 Å². The molecule has 0 bridgehead atoms. The molecule has 1 aliphatic rings. The molecule has 2 rings (SSSR count). The van der Waals surface area contributed by atoms with Crippen LogP contribution in [0.1, 0.15) is 33.0 Å². The van der Waals surface area contributed by atoms with Crippen LogP contribution in [-0.2, 0) is 4.79 Å². The van der Waals surface area contributed by atoms with Gasteiger partial charge in [-0.25, -0.2) is 0 Å². The van der Waals surface area contributed by atoms with Crippen molar-refractivity contribution in [3.05, 3.63) is 21.4 Å². The molecule has 1 saturated heterocycles. The third-order valence-electron chi connectivity index (χ3n) is 3.71. The van der Waals surface area contributed by atoms with Gasteiger partial charge in [-0.3, -0.25) is 9.59 Å². The zero-order chi connectivity index (χ0) is 14.7. The van der Waals surface area contributed by atoms with E-state index in [1.165, 1.54) is 11.3 Å². The van der Waals surface area contributed by atoms with Gasteiger partial charge in [-0.15, -0.1) is 11.3 Å². The maximum atomic E-state index is 12.7. The number of amides is 2. The smallest absolute Gasteiger partial charge is 0.264 e. The fourth-order valence-electron chi connectivity index (χ4n) is 2.47. The molecule has 1 aromatic rings. The van der Waals surface area contributed by atoms with Gasteiger partial charge < -0.3 is 16.0 Å². The Balaban J connectivity index is 2.20. The number of hydrogen-bond donors (Lipinski definition) is 2. The van der Waals surface area contributed by atoms with Crippen LogP contribution in [0.4, 0.5) is 0 Å². The SMILES string of the molecule is Cc1cc(C(=O)N(CC(N)=O)C2CCNCC2)sc1C. The Labute approximate surface area is 123 Å². The van der Waals surface area contributed by atoms with Crippen LogP contribution in [0, 0.1) is 13.8 Å². The Kier molecular flexibility index (Phi) is 4.77. The van der Waals surface area contributed by atoms with Crippen LogP contribution in [0.2, 0.25) is 0 Å². The van der Waals surface area contributed by atoms with E-state index in [0.29, 0.717) is 4.88 Å². The van der Waals surface area contributed by atoms with Gasteiger partial charge in [-0.2, -0.15) is 0 Å². The summed E-state index contributed by atoms with van der Waals surface area (Å²) in [6.45, 7) is 5.73. The molecule has 2 amide bonds. The van der Waals surface area contributed by atoms with E-state index in [-0.39, 0.29) is 18.5 Å². The summed E-state index contributed by atoms with van der Waals surface area (Å²) in [7, 11) is 0. The minimum atomic E-state index is -0.457. The van der Waals surface area contributed by atoms with Crippen molar-refractivity contribution in [2.75, 3.05) is 19.6 Å². The molecule has 1 aliphatic heterocycles. The van der Waals surface area contributed by atoms with Crippen molar-refractivity contribution in [2.24, 2.45) is 5.73 Å². The molecule has 6 heteroatoms. The minimum absolute atomic E-state index is 0.000501. The summed E-state index contributed by atoms with van der Waals surface area (Å²) in [4.78, 5) is 27.4. The molecule has 0 spiro atoms. The molecular weight excluding hydrogens is 274 g/mol. The molecule has 0 atom stereocenters. The summed E-state index contributed by atoms with van der Waals surface area (Å²) in [5.74, 6) is -0.529. The van der Waals surface area contributed by atoms with Crippen LogP contribution in [0.5, 0.6) is 0 Å². The molecule has 0 radical (unpaired) electrons. The molecule has 0 aromatic carbocycles. The number of nitrogens with two attached hydrogens (primary N) is 1. The molecular formula is C14H21N3O2S. The summed E-state index contributed by atoms with van der Waals surface area (Å²) in [6, 6.07) is 2.00. The van der Waals surface area contributed by atoms with E-state index >= 15 is 0 Å². The van der Waals surface area contributed by atoms with E-state index in [0.717, 1.165) is 36.4 Å². The van der Waals surface area contributed by atoms with Crippen LogP contribution in [0.3, 0.4) is 0 Å². The van der Waals surface area contributed by atoms with Crippen molar-refractivity contribution in [1.82, 2.24) is 10.2 Å². The lowest BCUT2D eigenvalue weighted by atomic mass is 10.0. The number of nitrogens with zero attached hydrogens (tertiary/aromatic N) is 1. The Morgan fingerprint density at radius 1 is 1.40 bits per heavy atom. The number of primary amides is 1. The number of thiophene rings is 1. The molecule has 2 heterocycles. The fraction of sp³-hybridized carbons (Fsp3) is 0.571. The highest BCUT2D eigenvalue weighted by molar-refractivity contribution is 7.14. The second-order valence-electron chi connectivity index (χ2n) is 5.23. The number of hydrogen-bond acceptors (Lipinski definition) is 4. The highest BCUT2D eigenvalue weighted by atomic mass is 32.1. The molecule has 1 aromatic heterocycles. The van der Waals surface area contributed by atoms with E-state index < -0.39 is 5.91 Å². The van der Waals surface area contributed by atoms with E-state index in [2.05, 4.69) is 5.32 Å². The van der Waals surface area contributed by atoms with E-state index in [9.17, 15) is 9.59 Å². The molecule has 0 aliphatic carbocycles. The highest BCUT2D eigenvalue weighted by Crippen LogP contribution is 2.24. The largest absolute Gasteiger partial charge is 0.368 e. The van der Waals surface area contributed by atoms with Crippen LogP contribution >= 0.6 is 11.3 Å². The maximum Gasteiger partial charge on any atom is 0.264 e. The first-order valence-electron chi connectivity index (χ1n) is 6.86. The van der Waals surface area contributed by atoms with Crippen LogP contribution < -0.4 is 11.1 Å². The lowest BCUT2D eigenvalue weighted by Crippen LogP contribution is -2.49. The normalized spacial score (nSPS) is 16.1. The molecule has 0 saturated carbocycles. The highest BCUT2D eigenvalue weighted by Gasteiger charge is 2.28. The molecule has 1 fully saturated rings. The number of carbonyl (C=O) groups excluding carboxylic acids is 2. The fourth-order valence-corrected chi connectivity index (χ4v) is 3.46. The number of rotatable bonds is 4. The van der Waals surface area contributed by atoms with E-state index in [1.807, 2.05) is 19.9 Å². The molecule has 110 valence electrons. The lowest BCUT2D eigenvalue weighted by Gasteiger charge is -2.33. The molecule has 20 heavy (non-hydrogen) atoms. The summed E-state index contributed by atoms with van der Waals surface area (Å²) < 4.78 is 0. The minimum Gasteiger partial charge on any atom is -0.368 e. The van der Waals surface area contributed by atoms with Gasteiger partial charge in [-0.05, 0) is 51.4 Å². The lowest BCUT2D eigenvalue weighted by molar-refractivity contribution is -0.119. The zero-order valence-electron chi connectivity index (χ0n) is 11.9. The van der Waals surface area contributed by atoms with Gasteiger partial charge in [0.25, 0.3) is 5.91 Å². The van der Waals surface area contributed by atoms with Crippen molar-refractivity contribution in [3.8, 4) is 0 Å². The average molecular weight is 295 g/mol. The van der Waals surface area contributed by atoms with Crippen LogP contribution in [-0.4, -0.2) is 42.4 Å². The number of aryl methyl sites for hydroxylation is 2. The standard InChI is InChI=1S/C14H21N3O2S/c1-9-7-12(20-10(9)2)14(19)17(8-13(15)18)11-3-5-16-6-4-11/h7,11,16H,3-6,8H2,1-2H3,(H2,15,18). The molecule has 3 N–H and O–H groups in total. The van der Waals surface area contributed by atoms with E-state index in [4.69, 9.17) is 5.73 Å². The van der Waals surface area contributed by atoms with Crippen molar-refractivity contribution < 1.29 is 9.59 Å². The third kappa shape index (κ3) is 3.37. The monoisotopic (exact) mass is 295 g/mol. The maximum absolute atomic E-state index is 12.7. The van der Waals surface area contributed by atoms with Gasteiger partial charge in [0.05, 0.1) is 11.4 Å². The van der Waals surface area contributed by atoms with Crippen LogP contribution in [0.15, 0.2) is 6.07 Å². The predicted molar refractivity (Wildman–Crippen MR) is 79.9 cm³/mol. The summed E-state index contributed by atoms with van der Waals surface area (Å²) in [6.07, 6.45) is 1.73. The number of piperidine rings is 1. The van der Waals surface area contributed by atoms with Crippen LogP contribution in [0.25, 0.3) is 0 Å². The Morgan fingerprint density at radius 3 is 2.55 bits per heavy atom. The first kappa shape index (κ1) is 15.0. The molecule has 0 unspecified atom stereocenters. The topological polar surface area (TPSA) is 75.4 Å². The van der Waals surface area contributed by atoms with Gasteiger partial charge in [-0.1, -0.05) is 0 Å². The first-order chi connectivity index (χ1) is 9.49. The zero-order valence-corrected chi connectivity index (χ0v) is 12.8. The number of nitrogens with one attached hydrogen (secondary N) is 1. The second kappa shape index (κ2) is 6.37. The van der Waals surface area contributed by atoms with Crippen molar-refractivity contribution in [3.63, 3.8) is 0 Å². The van der Waals surface area contributed by atoms with Crippen molar-refractivity contribution in [1.29, 1.82) is 0 Å². The number of carbonyl (C=O) groups is 2. The second-order valence-corrected chi connectivity index (χ2v) is 6.49. The summed E-state index contributed by atoms with van der Waals surface area (Å²) in [5.41, 5.74) is 6.42. The predicted octanol–water partition coefficient (Wildman–Crippen LogP) is 1.04. The first-order valence-corrected chi connectivity index (χ1v) is 7.67. The Morgan fingerprint density at radius 2 is 2.05 bits per heavy atom. The Hall–Kier alpha value is -1.40. The van der Waals surface area contributed by atoms with Gasteiger partial charge >= 0.3 is 0 Å². The average Bonchev–Trinajstić information content (AvgIpc) is 2.76. The van der Waals surface area contributed by atoms with Gasteiger partial charge in [0.1, 0.15) is 0 Å². The third-order valence-corrected chi connectivity index (χ3v) is 4.85. The Bertz CT molecular complexity index is 487. The van der Waals surface area contributed by atoms with Gasteiger partial charge in [0.15, 0.2) is 0 Å². The molecule has 5 nitrogen and oxygen atoms in total. The quantitative estimate of drug-likeness (QED) is 0.871. The summed E-state index contributed by atoms with van der Waals surface area (Å²) >= 11 is 1.48.